The molecule has 0 spiro atoms. The summed E-state index contributed by atoms with van der Waals surface area (Å²) in [5.41, 5.74) is 0.651. The van der Waals surface area contributed by atoms with Gasteiger partial charge in [0.15, 0.2) is 0 Å². The molecule has 2 heterocycles. The van der Waals surface area contributed by atoms with Crippen molar-refractivity contribution in [3.05, 3.63) is 35.0 Å². The minimum absolute atomic E-state index is 0.00505. The van der Waals surface area contributed by atoms with Gasteiger partial charge in [0.2, 0.25) is 0 Å². The largest absolute Gasteiger partial charge is 0.495 e. The highest BCUT2D eigenvalue weighted by atomic mass is 127. The quantitative estimate of drug-likeness (QED) is 0.380. The van der Waals surface area contributed by atoms with Crippen LogP contribution < -0.4 is 4.74 Å². The molecular formula is C19H22ClIN2O4. The highest BCUT2D eigenvalue weighted by Gasteiger charge is 2.41. The van der Waals surface area contributed by atoms with Crippen molar-refractivity contribution in [1.82, 2.24) is 10.1 Å². The Hall–Kier alpha value is -1.32. The Morgan fingerprint density at radius 2 is 2.22 bits per heavy atom. The summed E-state index contributed by atoms with van der Waals surface area (Å²) in [7, 11) is 1.54. The molecule has 8 heteroatoms. The number of nitrogens with zero attached hydrogens (tertiary/aromatic N) is 2. The number of amides is 1. The van der Waals surface area contributed by atoms with Crippen LogP contribution in [0.5, 0.6) is 5.75 Å². The van der Waals surface area contributed by atoms with Crippen LogP contribution in [0.15, 0.2) is 29.0 Å². The van der Waals surface area contributed by atoms with Gasteiger partial charge >= 0.3 is 0 Å². The second-order valence-corrected chi connectivity index (χ2v) is 8.88. The summed E-state index contributed by atoms with van der Waals surface area (Å²) >= 11 is 8.46. The van der Waals surface area contributed by atoms with Crippen LogP contribution in [0.25, 0.3) is 11.3 Å². The first-order valence-corrected chi connectivity index (χ1v) is 10.3. The van der Waals surface area contributed by atoms with Crippen molar-refractivity contribution in [2.75, 3.05) is 13.7 Å². The number of alkyl halides is 1. The van der Waals surface area contributed by atoms with Gasteiger partial charge in [-0.25, -0.2) is 0 Å². The van der Waals surface area contributed by atoms with E-state index in [1.165, 1.54) is 6.26 Å². The lowest BCUT2D eigenvalue weighted by Crippen LogP contribution is -2.51. The number of halogens is 2. The third kappa shape index (κ3) is 4.09. The molecule has 1 aliphatic heterocycles. The van der Waals surface area contributed by atoms with Crippen LogP contribution in [-0.2, 0) is 0 Å². The number of piperidine rings is 1. The van der Waals surface area contributed by atoms with Gasteiger partial charge in [-0.2, -0.15) is 0 Å². The number of carbonyl (C=O) groups excluding carboxylic acids is 1. The number of ether oxygens (including phenoxy) is 1. The Morgan fingerprint density at radius 1 is 1.48 bits per heavy atom. The minimum atomic E-state index is -0.855. The summed E-state index contributed by atoms with van der Waals surface area (Å²) in [6.07, 6.45) is 3.09. The number of hydrogen-bond donors (Lipinski definition) is 1. The molecule has 3 rings (SSSR count). The van der Waals surface area contributed by atoms with Crippen molar-refractivity contribution >= 4 is 40.1 Å². The summed E-state index contributed by atoms with van der Waals surface area (Å²) in [5.74, 6) is 0.384. The van der Waals surface area contributed by atoms with Gasteiger partial charge in [-0.05, 0) is 44.9 Å². The third-order valence-electron chi connectivity index (χ3n) is 4.94. The Labute approximate surface area is 176 Å². The highest BCUT2D eigenvalue weighted by molar-refractivity contribution is 14.1. The number of aliphatic hydroxyl groups is 1. The summed E-state index contributed by atoms with van der Waals surface area (Å²) < 4.78 is 10.2. The Balaban J connectivity index is 1.91. The van der Waals surface area contributed by atoms with E-state index in [0.29, 0.717) is 34.1 Å². The topological polar surface area (TPSA) is 75.8 Å². The smallest absolute Gasteiger partial charge is 0.260 e. The van der Waals surface area contributed by atoms with Crippen molar-refractivity contribution in [2.24, 2.45) is 5.92 Å². The fourth-order valence-electron chi connectivity index (χ4n) is 3.43. The molecule has 0 bridgehead atoms. The predicted octanol–water partition coefficient (Wildman–Crippen LogP) is 4.39. The van der Waals surface area contributed by atoms with Gasteiger partial charge in [0.1, 0.15) is 23.3 Å². The number of rotatable bonds is 4. The molecule has 0 saturated carbocycles. The zero-order valence-corrected chi connectivity index (χ0v) is 18.3. The van der Waals surface area contributed by atoms with E-state index in [4.69, 9.17) is 20.9 Å². The maximum atomic E-state index is 13.2. The van der Waals surface area contributed by atoms with Gasteiger partial charge in [0.05, 0.1) is 21.8 Å². The molecule has 1 amide bonds. The van der Waals surface area contributed by atoms with Crippen molar-refractivity contribution in [2.45, 2.75) is 36.3 Å². The molecule has 2 atom stereocenters. The molecule has 1 aliphatic rings. The van der Waals surface area contributed by atoms with Gasteiger partial charge in [0.25, 0.3) is 5.91 Å². The van der Waals surface area contributed by atoms with E-state index in [2.05, 4.69) is 27.7 Å². The first-order valence-electron chi connectivity index (χ1n) is 8.69. The molecule has 0 aliphatic carbocycles. The second-order valence-electron chi connectivity index (χ2n) is 7.20. The summed E-state index contributed by atoms with van der Waals surface area (Å²) in [4.78, 5) is 15.0. The maximum absolute atomic E-state index is 13.2. The lowest BCUT2D eigenvalue weighted by molar-refractivity contribution is -0.0191. The Morgan fingerprint density at radius 3 is 2.85 bits per heavy atom. The maximum Gasteiger partial charge on any atom is 0.260 e. The molecule has 1 aromatic carbocycles. The first-order chi connectivity index (χ1) is 12.7. The molecule has 146 valence electrons. The van der Waals surface area contributed by atoms with Gasteiger partial charge in [-0.3, -0.25) is 4.79 Å². The van der Waals surface area contributed by atoms with E-state index in [-0.39, 0.29) is 15.9 Å². The van der Waals surface area contributed by atoms with Crippen LogP contribution in [-0.4, -0.2) is 44.4 Å². The van der Waals surface area contributed by atoms with E-state index < -0.39 is 5.60 Å². The molecule has 1 N–H and O–H groups in total. The van der Waals surface area contributed by atoms with Crippen LogP contribution in [0.3, 0.4) is 0 Å². The van der Waals surface area contributed by atoms with Crippen LogP contribution in [0.4, 0.5) is 0 Å². The zero-order valence-electron chi connectivity index (χ0n) is 15.4. The Kier molecular flexibility index (Phi) is 6.02. The lowest BCUT2D eigenvalue weighted by atomic mass is 9.84. The number of aromatic nitrogens is 1. The molecule has 6 nitrogen and oxygen atoms in total. The monoisotopic (exact) mass is 504 g/mol. The van der Waals surface area contributed by atoms with Crippen LogP contribution in [0, 0.1) is 5.92 Å². The zero-order chi connectivity index (χ0) is 19.8. The highest BCUT2D eigenvalue weighted by Crippen LogP contribution is 2.38. The molecule has 1 saturated heterocycles. The van der Waals surface area contributed by atoms with Crippen molar-refractivity contribution < 1.29 is 19.2 Å². The molecule has 1 aromatic heterocycles. The predicted molar refractivity (Wildman–Crippen MR) is 111 cm³/mol. The summed E-state index contributed by atoms with van der Waals surface area (Å²) in [6.45, 7) is 4.22. The number of likely N-dealkylation sites (tertiary alicyclic amines) is 1. The average Bonchev–Trinajstić information content (AvgIpc) is 3.10. The van der Waals surface area contributed by atoms with Crippen LogP contribution in [0.1, 0.15) is 37.0 Å². The molecule has 27 heavy (non-hydrogen) atoms. The standard InChI is InChI=1S/C19H22ClIN2O4/c1-19(2,25)13-5-4-8-23(17(13)21)18(24)12-10-27-22-16(12)11-6-7-15(26-3)14(20)9-11/h6-7,9-10,13,17,25H,4-5,8H2,1-3H3/t13-,17?/m0/s1. The summed E-state index contributed by atoms with van der Waals surface area (Å²) in [5, 5.41) is 14.9. The van der Waals surface area contributed by atoms with Gasteiger partial charge in [0, 0.05) is 18.0 Å². The molecule has 0 radical (unpaired) electrons. The van der Waals surface area contributed by atoms with Gasteiger partial charge < -0.3 is 19.3 Å². The van der Waals surface area contributed by atoms with Crippen molar-refractivity contribution in [3.8, 4) is 17.0 Å². The number of hydrogen-bond acceptors (Lipinski definition) is 5. The number of benzene rings is 1. The van der Waals surface area contributed by atoms with E-state index in [9.17, 15) is 9.90 Å². The molecular weight excluding hydrogens is 483 g/mol. The number of carbonyl (C=O) groups is 1. The third-order valence-corrected chi connectivity index (χ3v) is 6.77. The van der Waals surface area contributed by atoms with Crippen molar-refractivity contribution in [3.63, 3.8) is 0 Å². The SMILES string of the molecule is COc1ccc(-c2nocc2C(=O)N2CCC[C@H](C(C)(C)O)C2I)cc1Cl. The van der Waals surface area contributed by atoms with Crippen LogP contribution >= 0.6 is 34.2 Å². The summed E-state index contributed by atoms with van der Waals surface area (Å²) in [6, 6.07) is 5.22. The normalized spacial score (nSPS) is 20.6. The molecule has 2 aromatic rings. The molecule has 1 unspecified atom stereocenters. The first kappa shape index (κ1) is 20.4. The Bertz CT molecular complexity index is 833. The van der Waals surface area contributed by atoms with E-state index in [1.54, 1.807) is 44.1 Å². The van der Waals surface area contributed by atoms with Gasteiger partial charge in [-0.15, -0.1) is 0 Å². The van der Waals surface area contributed by atoms with E-state index in [1.807, 2.05) is 0 Å². The van der Waals surface area contributed by atoms with E-state index >= 15 is 0 Å². The second kappa shape index (κ2) is 7.97. The number of methoxy groups -OCH3 is 1. The van der Waals surface area contributed by atoms with Crippen molar-refractivity contribution in [1.29, 1.82) is 0 Å². The van der Waals surface area contributed by atoms with Crippen LogP contribution in [0.2, 0.25) is 5.02 Å². The fourth-order valence-corrected chi connectivity index (χ4v) is 5.46. The minimum Gasteiger partial charge on any atom is -0.495 e. The lowest BCUT2D eigenvalue weighted by Gasteiger charge is -2.43. The average molecular weight is 505 g/mol. The molecule has 1 fully saturated rings. The van der Waals surface area contributed by atoms with Gasteiger partial charge in [-0.1, -0.05) is 39.3 Å². The van der Waals surface area contributed by atoms with E-state index in [0.717, 1.165) is 12.8 Å². The fraction of sp³-hybridized carbons (Fsp3) is 0.474.